The first-order valence-corrected chi connectivity index (χ1v) is 6.87. The molecule has 2 fully saturated rings. The third kappa shape index (κ3) is 3.42. The van der Waals surface area contributed by atoms with E-state index in [1.54, 1.807) is 0 Å². The molecule has 0 aromatic heterocycles. The van der Waals surface area contributed by atoms with Crippen LogP contribution in [0.3, 0.4) is 0 Å². The predicted octanol–water partition coefficient (Wildman–Crippen LogP) is 1.46. The van der Waals surface area contributed by atoms with Gasteiger partial charge in [-0.15, -0.1) is 0 Å². The van der Waals surface area contributed by atoms with Crippen molar-refractivity contribution >= 4 is 5.97 Å². The van der Waals surface area contributed by atoms with Gasteiger partial charge in [0.2, 0.25) is 0 Å². The highest BCUT2D eigenvalue weighted by Crippen LogP contribution is 2.26. The fourth-order valence-electron chi connectivity index (χ4n) is 3.19. The number of nitrogens with zero attached hydrogens (tertiary/aromatic N) is 1. The monoisotopic (exact) mass is 240 g/mol. The molecule has 4 nitrogen and oxygen atoms in total. The lowest BCUT2D eigenvalue weighted by atomic mass is 10.0. The third-order valence-electron chi connectivity index (χ3n) is 4.20. The zero-order valence-corrected chi connectivity index (χ0v) is 10.7. The molecule has 2 atom stereocenters. The summed E-state index contributed by atoms with van der Waals surface area (Å²) >= 11 is 0. The highest BCUT2D eigenvalue weighted by atomic mass is 16.4. The van der Waals surface area contributed by atoms with E-state index in [1.807, 2.05) is 0 Å². The van der Waals surface area contributed by atoms with Crippen molar-refractivity contribution in [1.29, 1.82) is 0 Å². The molecule has 4 heteroatoms. The van der Waals surface area contributed by atoms with Gasteiger partial charge in [0.15, 0.2) is 0 Å². The number of hydrogen-bond acceptors (Lipinski definition) is 3. The molecule has 2 N–H and O–H groups in total. The van der Waals surface area contributed by atoms with Crippen molar-refractivity contribution in [3.05, 3.63) is 0 Å². The van der Waals surface area contributed by atoms with Gasteiger partial charge in [0.25, 0.3) is 0 Å². The van der Waals surface area contributed by atoms with Crippen LogP contribution in [-0.4, -0.2) is 47.2 Å². The van der Waals surface area contributed by atoms with Crippen molar-refractivity contribution in [1.82, 2.24) is 10.2 Å². The molecule has 0 amide bonds. The minimum absolute atomic E-state index is 0.282. The minimum atomic E-state index is -0.683. The van der Waals surface area contributed by atoms with E-state index in [0.717, 1.165) is 25.6 Å². The first-order chi connectivity index (χ1) is 8.16. The van der Waals surface area contributed by atoms with Gasteiger partial charge in [-0.1, -0.05) is 12.8 Å². The predicted molar refractivity (Wildman–Crippen MR) is 67.1 cm³/mol. The molecule has 1 aliphatic heterocycles. The summed E-state index contributed by atoms with van der Waals surface area (Å²) in [4.78, 5) is 13.2. The number of rotatable bonds is 4. The number of hydrogen-bond donors (Lipinski definition) is 2. The van der Waals surface area contributed by atoms with Crippen LogP contribution in [0, 0.1) is 0 Å². The lowest BCUT2D eigenvalue weighted by Crippen LogP contribution is -2.58. The molecule has 2 rings (SSSR count). The Morgan fingerprint density at radius 3 is 2.76 bits per heavy atom. The second-order valence-corrected chi connectivity index (χ2v) is 5.52. The lowest BCUT2D eigenvalue weighted by Gasteiger charge is -2.42. The van der Waals surface area contributed by atoms with Crippen molar-refractivity contribution in [3.8, 4) is 0 Å². The molecule has 0 bridgehead atoms. The van der Waals surface area contributed by atoms with Crippen molar-refractivity contribution < 1.29 is 9.90 Å². The summed E-state index contributed by atoms with van der Waals surface area (Å²) in [6, 6.07) is 1.71. The number of piperazine rings is 1. The van der Waals surface area contributed by atoms with E-state index >= 15 is 0 Å². The molecule has 1 saturated carbocycles. The van der Waals surface area contributed by atoms with Crippen LogP contribution < -0.4 is 5.32 Å². The van der Waals surface area contributed by atoms with Gasteiger partial charge in [0.05, 0.1) is 0 Å². The smallest absolute Gasteiger partial charge is 0.303 e. The van der Waals surface area contributed by atoms with E-state index in [9.17, 15) is 4.79 Å². The van der Waals surface area contributed by atoms with E-state index in [1.165, 1.54) is 25.7 Å². The van der Waals surface area contributed by atoms with Crippen LogP contribution in [0.1, 0.15) is 45.4 Å². The first kappa shape index (κ1) is 12.8. The summed E-state index contributed by atoms with van der Waals surface area (Å²) in [6.07, 6.45) is 6.42. The van der Waals surface area contributed by atoms with Gasteiger partial charge in [0.1, 0.15) is 0 Å². The SMILES string of the molecule is CC1CNC(CCC(=O)O)CN1C1CCCC1. The Morgan fingerprint density at radius 1 is 1.41 bits per heavy atom. The van der Waals surface area contributed by atoms with Crippen LogP contribution in [-0.2, 0) is 4.79 Å². The fraction of sp³-hybridized carbons (Fsp3) is 0.923. The molecule has 98 valence electrons. The van der Waals surface area contributed by atoms with Gasteiger partial charge in [-0.2, -0.15) is 0 Å². The Kier molecular flexibility index (Phi) is 4.40. The zero-order valence-electron chi connectivity index (χ0n) is 10.7. The second kappa shape index (κ2) is 5.83. The zero-order chi connectivity index (χ0) is 12.3. The maximum Gasteiger partial charge on any atom is 0.303 e. The third-order valence-corrected chi connectivity index (χ3v) is 4.20. The summed E-state index contributed by atoms with van der Waals surface area (Å²) in [7, 11) is 0. The Labute approximate surface area is 103 Å². The van der Waals surface area contributed by atoms with E-state index in [4.69, 9.17) is 5.11 Å². The minimum Gasteiger partial charge on any atom is -0.481 e. The maximum atomic E-state index is 10.6. The van der Waals surface area contributed by atoms with E-state index in [2.05, 4.69) is 17.1 Å². The molecule has 2 aliphatic rings. The van der Waals surface area contributed by atoms with E-state index < -0.39 is 5.97 Å². The summed E-state index contributed by atoms with van der Waals surface area (Å²) in [5.74, 6) is -0.683. The Hall–Kier alpha value is -0.610. The van der Waals surface area contributed by atoms with Crippen molar-refractivity contribution in [2.45, 2.75) is 63.6 Å². The molecule has 0 aromatic rings. The number of nitrogens with one attached hydrogen (secondary N) is 1. The second-order valence-electron chi connectivity index (χ2n) is 5.52. The molecule has 0 spiro atoms. The van der Waals surface area contributed by atoms with Gasteiger partial charge in [-0.05, 0) is 26.2 Å². The van der Waals surface area contributed by atoms with Crippen LogP contribution >= 0.6 is 0 Å². The van der Waals surface area contributed by atoms with Crippen molar-refractivity contribution in [2.75, 3.05) is 13.1 Å². The van der Waals surface area contributed by atoms with Crippen LogP contribution in [0.4, 0.5) is 0 Å². The standard InChI is InChI=1S/C13H24N2O2/c1-10-8-14-11(6-7-13(16)17)9-15(10)12-4-2-3-5-12/h10-12,14H,2-9H2,1H3,(H,16,17). The van der Waals surface area contributed by atoms with E-state index in [0.29, 0.717) is 12.1 Å². The normalized spacial score (nSPS) is 31.8. The van der Waals surface area contributed by atoms with Crippen LogP contribution in [0.25, 0.3) is 0 Å². The molecule has 2 unspecified atom stereocenters. The average Bonchev–Trinajstić information content (AvgIpc) is 2.81. The number of carboxylic acid groups (broad SMARTS) is 1. The topological polar surface area (TPSA) is 52.6 Å². The van der Waals surface area contributed by atoms with Gasteiger partial charge in [-0.25, -0.2) is 0 Å². The number of carbonyl (C=O) groups is 1. The largest absolute Gasteiger partial charge is 0.481 e. The molecular weight excluding hydrogens is 216 g/mol. The Bertz CT molecular complexity index is 264. The Morgan fingerprint density at radius 2 is 2.12 bits per heavy atom. The highest BCUT2D eigenvalue weighted by Gasteiger charge is 2.31. The molecule has 17 heavy (non-hydrogen) atoms. The first-order valence-electron chi connectivity index (χ1n) is 6.87. The van der Waals surface area contributed by atoms with Crippen LogP contribution in [0.5, 0.6) is 0 Å². The number of aliphatic carboxylic acids is 1. The molecule has 1 heterocycles. The summed E-state index contributed by atoms with van der Waals surface area (Å²) in [6.45, 7) is 4.30. The maximum absolute atomic E-state index is 10.6. The molecule has 0 radical (unpaired) electrons. The van der Waals surface area contributed by atoms with Crippen LogP contribution in [0.15, 0.2) is 0 Å². The van der Waals surface area contributed by atoms with Gasteiger partial charge >= 0.3 is 5.97 Å². The molecule has 0 aromatic carbocycles. The molecular formula is C13H24N2O2. The quantitative estimate of drug-likeness (QED) is 0.781. The number of carboxylic acids is 1. The summed E-state index contributed by atoms with van der Waals surface area (Å²) in [5.41, 5.74) is 0. The highest BCUT2D eigenvalue weighted by molar-refractivity contribution is 5.66. The van der Waals surface area contributed by atoms with Crippen molar-refractivity contribution in [3.63, 3.8) is 0 Å². The fourth-order valence-corrected chi connectivity index (χ4v) is 3.19. The van der Waals surface area contributed by atoms with E-state index in [-0.39, 0.29) is 6.42 Å². The Balaban J connectivity index is 1.84. The van der Waals surface area contributed by atoms with Gasteiger partial charge < -0.3 is 10.4 Å². The average molecular weight is 240 g/mol. The lowest BCUT2D eigenvalue weighted by molar-refractivity contribution is -0.137. The summed E-state index contributed by atoms with van der Waals surface area (Å²) < 4.78 is 0. The van der Waals surface area contributed by atoms with Crippen LogP contribution in [0.2, 0.25) is 0 Å². The summed E-state index contributed by atoms with van der Waals surface area (Å²) in [5, 5.41) is 12.2. The molecule has 1 aliphatic carbocycles. The molecule has 1 saturated heterocycles. The van der Waals surface area contributed by atoms with Gasteiger partial charge in [0, 0.05) is 37.6 Å². The van der Waals surface area contributed by atoms with Crippen molar-refractivity contribution in [2.24, 2.45) is 0 Å². The van der Waals surface area contributed by atoms with Gasteiger partial charge in [-0.3, -0.25) is 9.69 Å².